The molecule has 24 heavy (non-hydrogen) atoms. The van der Waals surface area contributed by atoms with Gasteiger partial charge in [0.05, 0.1) is 11.4 Å². The summed E-state index contributed by atoms with van der Waals surface area (Å²) in [5, 5.41) is 4.81. The summed E-state index contributed by atoms with van der Waals surface area (Å²) in [6, 6.07) is 9.99. The Morgan fingerprint density at radius 3 is 2.54 bits per heavy atom. The summed E-state index contributed by atoms with van der Waals surface area (Å²) in [4.78, 5) is 25.0. The largest absolute Gasteiger partial charge is 0.352 e. The Bertz CT molecular complexity index is 843. The summed E-state index contributed by atoms with van der Waals surface area (Å²) in [7, 11) is -3.58. The van der Waals surface area contributed by atoms with Crippen molar-refractivity contribution in [2.75, 3.05) is 16.6 Å². The average molecular weight is 364 g/mol. The number of hydrogen-bond acceptors (Lipinski definition) is 5. The molecule has 0 atom stereocenters. The van der Waals surface area contributed by atoms with Crippen molar-refractivity contribution in [2.24, 2.45) is 0 Å². The second-order valence-corrected chi connectivity index (χ2v) is 8.33. The summed E-state index contributed by atoms with van der Waals surface area (Å²) in [5.74, 6) is -0.839. The molecule has 0 saturated carbocycles. The normalized spacial score (nSPS) is 16.3. The van der Waals surface area contributed by atoms with Gasteiger partial charge in [-0.1, -0.05) is 6.07 Å². The Hall–Kier alpha value is -2.19. The molecule has 0 radical (unpaired) electrons. The maximum absolute atomic E-state index is 12.1. The van der Waals surface area contributed by atoms with E-state index < -0.39 is 15.9 Å². The minimum absolute atomic E-state index is 0.00666. The van der Waals surface area contributed by atoms with Crippen molar-refractivity contribution in [1.29, 1.82) is 0 Å². The third-order valence-electron chi connectivity index (χ3n) is 3.68. The number of nitrogens with zero attached hydrogens (tertiary/aromatic N) is 1. The standard InChI is InChI=1S/C16H16N2O4S2/c19-15-8-11-24(21,22)18(15)13-5-3-12(4-6-13)16(20)17-9-7-14-2-1-10-23-14/h1-6,10H,7-9,11H2,(H,17,20). The summed E-state index contributed by atoms with van der Waals surface area (Å²) in [6.07, 6.45) is 0.759. The van der Waals surface area contributed by atoms with Crippen LogP contribution in [0.4, 0.5) is 5.69 Å². The zero-order valence-electron chi connectivity index (χ0n) is 12.8. The van der Waals surface area contributed by atoms with E-state index in [1.807, 2.05) is 17.5 Å². The molecule has 1 saturated heterocycles. The van der Waals surface area contributed by atoms with Crippen molar-refractivity contribution >= 4 is 38.9 Å². The third kappa shape index (κ3) is 3.49. The minimum Gasteiger partial charge on any atom is -0.352 e. The Labute approximate surface area is 144 Å². The maximum Gasteiger partial charge on any atom is 0.251 e. The molecule has 0 spiro atoms. The predicted octanol–water partition coefficient (Wildman–Crippen LogP) is 1.79. The van der Waals surface area contributed by atoms with Gasteiger partial charge in [0.1, 0.15) is 0 Å². The topological polar surface area (TPSA) is 83.6 Å². The van der Waals surface area contributed by atoms with Crippen LogP contribution < -0.4 is 9.62 Å². The van der Waals surface area contributed by atoms with Crippen LogP contribution in [0, 0.1) is 0 Å². The highest BCUT2D eigenvalue weighted by Crippen LogP contribution is 2.25. The van der Waals surface area contributed by atoms with E-state index in [1.165, 1.54) is 29.1 Å². The molecule has 2 heterocycles. The van der Waals surface area contributed by atoms with Gasteiger partial charge in [0.15, 0.2) is 0 Å². The lowest BCUT2D eigenvalue weighted by Crippen LogP contribution is -2.29. The van der Waals surface area contributed by atoms with Crippen LogP contribution in [0.15, 0.2) is 41.8 Å². The zero-order valence-corrected chi connectivity index (χ0v) is 14.4. The van der Waals surface area contributed by atoms with E-state index in [-0.39, 0.29) is 23.8 Å². The van der Waals surface area contributed by atoms with Gasteiger partial charge in [-0.25, -0.2) is 12.7 Å². The van der Waals surface area contributed by atoms with Crippen LogP contribution in [0.1, 0.15) is 21.7 Å². The molecule has 8 heteroatoms. The first-order chi connectivity index (χ1) is 11.5. The molecule has 3 rings (SSSR count). The zero-order chi connectivity index (χ0) is 17.2. The van der Waals surface area contributed by atoms with Crippen LogP contribution in [0.2, 0.25) is 0 Å². The number of rotatable bonds is 5. The van der Waals surface area contributed by atoms with Gasteiger partial charge in [-0.05, 0) is 42.1 Å². The quantitative estimate of drug-likeness (QED) is 0.877. The SMILES string of the molecule is O=C(NCCc1cccs1)c1ccc(N2C(=O)CCS2(=O)=O)cc1. The number of carbonyl (C=O) groups is 2. The van der Waals surface area contributed by atoms with E-state index in [0.29, 0.717) is 12.1 Å². The fourth-order valence-electron chi connectivity index (χ4n) is 2.47. The van der Waals surface area contributed by atoms with Gasteiger partial charge in [-0.3, -0.25) is 9.59 Å². The summed E-state index contributed by atoms with van der Waals surface area (Å²) in [6.45, 7) is 0.528. The van der Waals surface area contributed by atoms with Crippen molar-refractivity contribution in [1.82, 2.24) is 5.32 Å². The van der Waals surface area contributed by atoms with Crippen LogP contribution in [0.3, 0.4) is 0 Å². The lowest BCUT2D eigenvalue weighted by molar-refractivity contribution is -0.116. The molecule has 0 bridgehead atoms. The fraction of sp³-hybridized carbons (Fsp3) is 0.250. The molecule has 1 aromatic heterocycles. The van der Waals surface area contributed by atoms with Crippen molar-refractivity contribution in [3.05, 3.63) is 52.2 Å². The van der Waals surface area contributed by atoms with E-state index in [1.54, 1.807) is 11.3 Å². The lowest BCUT2D eigenvalue weighted by atomic mass is 10.2. The Balaban J connectivity index is 1.63. The minimum atomic E-state index is -3.58. The van der Waals surface area contributed by atoms with Crippen LogP contribution in [-0.2, 0) is 21.2 Å². The number of benzene rings is 1. The molecule has 6 nitrogen and oxygen atoms in total. The van der Waals surface area contributed by atoms with Crippen LogP contribution in [0.5, 0.6) is 0 Å². The van der Waals surface area contributed by atoms with Gasteiger partial charge in [0, 0.05) is 23.4 Å². The van der Waals surface area contributed by atoms with E-state index in [4.69, 9.17) is 0 Å². The molecule has 1 fully saturated rings. The number of hydrogen-bond donors (Lipinski definition) is 1. The van der Waals surface area contributed by atoms with E-state index in [0.717, 1.165) is 10.7 Å². The molecule has 126 valence electrons. The number of nitrogens with one attached hydrogen (secondary N) is 1. The average Bonchev–Trinajstić information content (AvgIpc) is 3.15. The monoisotopic (exact) mass is 364 g/mol. The summed E-state index contributed by atoms with van der Waals surface area (Å²) in [5.41, 5.74) is 0.696. The lowest BCUT2D eigenvalue weighted by Gasteiger charge is -2.15. The number of sulfonamides is 1. The molecular formula is C16H16N2O4S2. The number of thiophene rings is 1. The smallest absolute Gasteiger partial charge is 0.251 e. The van der Waals surface area contributed by atoms with Crippen molar-refractivity contribution in [3.8, 4) is 0 Å². The maximum atomic E-state index is 12.1. The predicted molar refractivity (Wildman–Crippen MR) is 92.7 cm³/mol. The number of anilines is 1. The van der Waals surface area contributed by atoms with Crippen LogP contribution >= 0.6 is 11.3 Å². The first kappa shape index (κ1) is 16.7. The number of carbonyl (C=O) groups excluding carboxylic acids is 2. The second-order valence-electron chi connectivity index (χ2n) is 5.36. The highest BCUT2D eigenvalue weighted by molar-refractivity contribution is 7.94. The molecule has 2 amide bonds. The van der Waals surface area contributed by atoms with Crippen LogP contribution in [0.25, 0.3) is 0 Å². The number of amides is 2. The highest BCUT2D eigenvalue weighted by atomic mass is 32.2. The molecule has 2 aromatic rings. The van der Waals surface area contributed by atoms with Crippen molar-refractivity contribution in [2.45, 2.75) is 12.8 Å². The van der Waals surface area contributed by atoms with Gasteiger partial charge < -0.3 is 5.32 Å². The van der Waals surface area contributed by atoms with E-state index >= 15 is 0 Å². The Kier molecular flexibility index (Phi) is 4.68. The summed E-state index contributed by atoms with van der Waals surface area (Å²) >= 11 is 1.64. The van der Waals surface area contributed by atoms with Crippen molar-refractivity contribution in [3.63, 3.8) is 0 Å². The van der Waals surface area contributed by atoms with Gasteiger partial charge in [-0.15, -0.1) is 11.3 Å². The molecular weight excluding hydrogens is 348 g/mol. The van der Waals surface area contributed by atoms with Gasteiger partial charge >= 0.3 is 0 Å². The first-order valence-corrected chi connectivity index (χ1v) is 9.93. The molecule has 1 aromatic carbocycles. The van der Waals surface area contributed by atoms with E-state index in [9.17, 15) is 18.0 Å². The van der Waals surface area contributed by atoms with E-state index in [2.05, 4.69) is 5.32 Å². The molecule has 0 aliphatic carbocycles. The Morgan fingerprint density at radius 1 is 1.21 bits per heavy atom. The Morgan fingerprint density at radius 2 is 1.96 bits per heavy atom. The van der Waals surface area contributed by atoms with Gasteiger partial charge in [0.25, 0.3) is 5.91 Å². The fourth-order valence-corrected chi connectivity index (χ4v) is 4.64. The molecule has 1 N–H and O–H groups in total. The van der Waals surface area contributed by atoms with Gasteiger partial charge in [-0.2, -0.15) is 0 Å². The van der Waals surface area contributed by atoms with Gasteiger partial charge in [0.2, 0.25) is 15.9 Å². The highest BCUT2D eigenvalue weighted by Gasteiger charge is 2.36. The van der Waals surface area contributed by atoms with Crippen molar-refractivity contribution < 1.29 is 18.0 Å². The molecule has 1 aliphatic rings. The van der Waals surface area contributed by atoms with Crippen LogP contribution in [-0.4, -0.2) is 32.5 Å². The summed E-state index contributed by atoms with van der Waals surface area (Å²) < 4.78 is 24.6. The second kappa shape index (κ2) is 6.74. The molecule has 0 unspecified atom stereocenters. The first-order valence-electron chi connectivity index (χ1n) is 7.44. The third-order valence-corrected chi connectivity index (χ3v) is 6.31. The molecule has 1 aliphatic heterocycles.